The normalized spacial score (nSPS) is 26.5. The molecule has 2 aromatic rings. The van der Waals surface area contributed by atoms with Gasteiger partial charge in [-0.05, 0) is 48.2 Å². The molecule has 0 bridgehead atoms. The minimum Gasteiger partial charge on any atom is -0.457 e. The Kier molecular flexibility index (Phi) is 6.45. The Morgan fingerprint density at radius 1 is 1.12 bits per heavy atom. The molecule has 3 unspecified atom stereocenters. The van der Waals surface area contributed by atoms with E-state index < -0.39 is 12.2 Å². The van der Waals surface area contributed by atoms with E-state index in [1.54, 1.807) is 4.90 Å². The standard InChI is InChI=1S/C25H28ClN5O3/c26-13-21(32)30-12-4-5-17(14-30)31-15-20(22-23(31)25(33)29-28-24(22)27)16-8-10-19(11-9-16)34-18-6-2-1-3-7-18/h1-3,6-11,15,17,22-24,28H,4-5,12-14,27H2,(H,29,33)/t17-,22?,23?,24?/m1/s1. The Morgan fingerprint density at radius 2 is 1.85 bits per heavy atom. The van der Waals surface area contributed by atoms with Gasteiger partial charge in [0.2, 0.25) is 5.91 Å². The molecule has 2 amide bonds. The van der Waals surface area contributed by atoms with Crippen LogP contribution in [0, 0.1) is 5.92 Å². The van der Waals surface area contributed by atoms with Crippen molar-refractivity contribution in [1.29, 1.82) is 0 Å². The monoisotopic (exact) mass is 481 g/mol. The zero-order valence-corrected chi connectivity index (χ0v) is 19.4. The van der Waals surface area contributed by atoms with Crippen LogP contribution in [0.3, 0.4) is 0 Å². The van der Waals surface area contributed by atoms with Crippen LogP contribution < -0.4 is 21.3 Å². The van der Waals surface area contributed by atoms with E-state index in [0.717, 1.165) is 35.5 Å². The number of fused-ring (bicyclic) bond motifs is 1. The van der Waals surface area contributed by atoms with E-state index in [1.165, 1.54) is 0 Å². The van der Waals surface area contributed by atoms with Crippen molar-refractivity contribution in [2.24, 2.45) is 11.7 Å². The van der Waals surface area contributed by atoms with Crippen molar-refractivity contribution in [3.63, 3.8) is 0 Å². The number of hydrazine groups is 1. The number of nitrogens with one attached hydrogen (secondary N) is 2. The number of carbonyl (C=O) groups is 2. The summed E-state index contributed by atoms with van der Waals surface area (Å²) < 4.78 is 5.92. The minimum absolute atomic E-state index is 0.0163. The summed E-state index contributed by atoms with van der Waals surface area (Å²) in [5, 5.41) is 0. The van der Waals surface area contributed by atoms with Gasteiger partial charge in [0.15, 0.2) is 0 Å². The van der Waals surface area contributed by atoms with Gasteiger partial charge >= 0.3 is 0 Å². The molecule has 2 fully saturated rings. The largest absolute Gasteiger partial charge is 0.457 e. The Labute approximate surface area is 203 Å². The van der Waals surface area contributed by atoms with E-state index in [9.17, 15) is 9.59 Å². The first kappa shape index (κ1) is 22.7. The molecule has 3 aliphatic heterocycles. The van der Waals surface area contributed by atoms with Crippen molar-refractivity contribution < 1.29 is 14.3 Å². The van der Waals surface area contributed by atoms with Gasteiger partial charge in [0, 0.05) is 31.2 Å². The minimum atomic E-state index is -0.442. The Balaban J connectivity index is 1.42. The van der Waals surface area contributed by atoms with E-state index in [2.05, 4.69) is 15.8 Å². The average molecular weight is 482 g/mol. The Morgan fingerprint density at radius 3 is 2.59 bits per heavy atom. The summed E-state index contributed by atoms with van der Waals surface area (Å²) in [5.41, 5.74) is 14.0. The third-order valence-electron chi connectivity index (χ3n) is 6.78. The number of para-hydroxylation sites is 1. The number of likely N-dealkylation sites (tertiary alicyclic amines) is 1. The number of ether oxygens (including phenoxy) is 1. The molecule has 3 aliphatic rings. The number of amides is 2. The summed E-state index contributed by atoms with van der Waals surface area (Å²) in [4.78, 5) is 29.1. The predicted octanol–water partition coefficient (Wildman–Crippen LogP) is 2.27. The quantitative estimate of drug-likeness (QED) is 0.566. The van der Waals surface area contributed by atoms with Gasteiger partial charge in [0.05, 0.1) is 6.17 Å². The van der Waals surface area contributed by atoms with E-state index in [-0.39, 0.29) is 29.7 Å². The number of benzene rings is 2. The molecular weight excluding hydrogens is 454 g/mol. The van der Waals surface area contributed by atoms with Crippen LogP contribution in [-0.4, -0.2) is 58.8 Å². The second-order valence-electron chi connectivity index (χ2n) is 8.87. The molecule has 178 valence electrons. The van der Waals surface area contributed by atoms with Gasteiger partial charge in [0.1, 0.15) is 23.4 Å². The van der Waals surface area contributed by atoms with Gasteiger partial charge in [-0.3, -0.25) is 15.0 Å². The molecule has 8 nitrogen and oxygen atoms in total. The van der Waals surface area contributed by atoms with Crippen molar-refractivity contribution >= 4 is 29.0 Å². The number of hydrogen-bond donors (Lipinski definition) is 3. The van der Waals surface area contributed by atoms with Crippen molar-refractivity contribution in [1.82, 2.24) is 20.7 Å². The lowest BCUT2D eigenvalue weighted by atomic mass is 9.86. The molecule has 0 saturated carbocycles. The van der Waals surface area contributed by atoms with Gasteiger partial charge in [-0.15, -0.1) is 11.6 Å². The van der Waals surface area contributed by atoms with Crippen LogP contribution in [0.25, 0.3) is 5.57 Å². The highest BCUT2D eigenvalue weighted by Gasteiger charge is 2.49. The third kappa shape index (κ3) is 4.36. The maximum Gasteiger partial charge on any atom is 0.257 e. The predicted molar refractivity (Wildman–Crippen MR) is 130 cm³/mol. The van der Waals surface area contributed by atoms with E-state index >= 15 is 0 Å². The zero-order chi connectivity index (χ0) is 23.7. The van der Waals surface area contributed by atoms with Crippen LogP contribution in [0.4, 0.5) is 0 Å². The Hall–Kier alpha value is -3.07. The van der Waals surface area contributed by atoms with E-state index in [1.807, 2.05) is 60.8 Å². The highest BCUT2D eigenvalue weighted by Crippen LogP contribution is 2.41. The number of nitrogens with two attached hydrogens (primary N) is 1. The zero-order valence-electron chi connectivity index (χ0n) is 18.7. The summed E-state index contributed by atoms with van der Waals surface area (Å²) in [5.74, 6) is 1.04. The molecule has 5 rings (SSSR count). The number of piperidine rings is 1. The number of hydrogen-bond acceptors (Lipinski definition) is 6. The first-order chi connectivity index (χ1) is 16.5. The fourth-order valence-corrected chi connectivity index (χ4v) is 5.31. The maximum absolute atomic E-state index is 13.0. The van der Waals surface area contributed by atoms with Crippen molar-refractivity contribution in [2.75, 3.05) is 19.0 Å². The number of alkyl halides is 1. The first-order valence-corrected chi connectivity index (χ1v) is 12.1. The average Bonchev–Trinajstić information content (AvgIpc) is 3.29. The summed E-state index contributed by atoms with van der Waals surface area (Å²) in [7, 11) is 0. The fraction of sp³-hybridized carbons (Fsp3) is 0.360. The lowest BCUT2D eigenvalue weighted by Crippen LogP contribution is -2.67. The van der Waals surface area contributed by atoms with E-state index in [4.69, 9.17) is 22.1 Å². The van der Waals surface area contributed by atoms with Gasteiger partial charge in [0.25, 0.3) is 5.91 Å². The highest BCUT2D eigenvalue weighted by atomic mass is 35.5. The SMILES string of the molecule is NC1NNC(=O)C2C1C(c1ccc(Oc3ccccc3)cc1)=CN2[C@@H]1CCCN(C(=O)CCl)C1. The first-order valence-electron chi connectivity index (χ1n) is 11.5. The van der Waals surface area contributed by atoms with E-state index in [0.29, 0.717) is 13.1 Å². The molecule has 4 atom stereocenters. The van der Waals surface area contributed by atoms with Gasteiger partial charge in [-0.1, -0.05) is 30.3 Å². The molecule has 34 heavy (non-hydrogen) atoms. The highest BCUT2D eigenvalue weighted by molar-refractivity contribution is 6.27. The molecule has 3 heterocycles. The van der Waals surface area contributed by atoms with Crippen LogP contribution in [0.2, 0.25) is 0 Å². The van der Waals surface area contributed by atoms with Crippen molar-refractivity contribution in [3.05, 3.63) is 66.4 Å². The number of halogens is 1. The molecule has 0 spiro atoms. The molecule has 2 aromatic carbocycles. The number of rotatable bonds is 5. The topological polar surface area (TPSA) is 99.9 Å². The van der Waals surface area contributed by atoms with Crippen LogP contribution in [0.5, 0.6) is 11.5 Å². The van der Waals surface area contributed by atoms with Gasteiger partial charge < -0.3 is 20.3 Å². The molecule has 2 saturated heterocycles. The third-order valence-corrected chi connectivity index (χ3v) is 7.01. The molecule has 0 aromatic heterocycles. The lowest BCUT2D eigenvalue weighted by molar-refractivity contribution is -0.133. The van der Waals surface area contributed by atoms with Crippen LogP contribution in [0.1, 0.15) is 18.4 Å². The summed E-state index contributed by atoms with van der Waals surface area (Å²) in [6.07, 6.45) is 3.36. The van der Waals surface area contributed by atoms with Crippen LogP contribution >= 0.6 is 11.6 Å². The van der Waals surface area contributed by atoms with Crippen LogP contribution in [0.15, 0.2) is 60.8 Å². The molecule has 0 aliphatic carbocycles. The van der Waals surface area contributed by atoms with Gasteiger partial charge in [-0.2, -0.15) is 0 Å². The second kappa shape index (κ2) is 9.66. The Bertz CT molecular complexity index is 1080. The molecular formula is C25H28ClN5O3. The molecule has 9 heteroatoms. The smallest absolute Gasteiger partial charge is 0.257 e. The summed E-state index contributed by atoms with van der Waals surface area (Å²) >= 11 is 5.80. The van der Waals surface area contributed by atoms with Crippen LogP contribution in [-0.2, 0) is 9.59 Å². The second-order valence-corrected chi connectivity index (χ2v) is 9.14. The maximum atomic E-state index is 13.0. The lowest BCUT2D eigenvalue weighted by Gasteiger charge is -2.43. The van der Waals surface area contributed by atoms with Gasteiger partial charge in [-0.25, -0.2) is 5.43 Å². The summed E-state index contributed by atoms with van der Waals surface area (Å²) in [6, 6.07) is 17.0. The fourth-order valence-electron chi connectivity index (χ4n) is 5.14. The number of carbonyl (C=O) groups excluding carboxylic acids is 2. The number of nitrogens with zero attached hydrogens (tertiary/aromatic N) is 2. The van der Waals surface area contributed by atoms with Crippen molar-refractivity contribution in [3.8, 4) is 11.5 Å². The molecule has 4 N–H and O–H groups in total. The molecule has 0 radical (unpaired) electrons. The summed E-state index contributed by atoms with van der Waals surface area (Å²) in [6.45, 7) is 1.23. The van der Waals surface area contributed by atoms with Crippen molar-refractivity contribution in [2.45, 2.75) is 31.1 Å².